The van der Waals surface area contributed by atoms with Gasteiger partial charge in [-0.25, -0.2) is 9.37 Å². The average molecular weight is 277 g/mol. The zero-order chi connectivity index (χ0) is 14.5. The fraction of sp³-hybridized carbons (Fsp3) is 0.308. The predicted molar refractivity (Wildman–Crippen MR) is 72.7 cm³/mol. The maximum Gasteiger partial charge on any atom is 0.253 e. The van der Waals surface area contributed by atoms with Gasteiger partial charge in [0, 0.05) is 13.6 Å². The van der Waals surface area contributed by atoms with Crippen molar-refractivity contribution >= 4 is 11.6 Å². The van der Waals surface area contributed by atoms with Crippen LogP contribution in [0.4, 0.5) is 10.1 Å². The lowest BCUT2D eigenvalue weighted by atomic mass is 10.1. The number of nitrogens with zero attached hydrogens (tertiary/aromatic N) is 3. The van der Waals surface area contributed by atoms with Gasteiger partial charge < -0.3 is 10.6 Å². The molecule has 0 atom stereocenters. The predicted octanol–water partition coefficient (Wildman–Crippen LogP) is 1.32. The van der Waals surface area contributed by atoms with E-state index in [1.54, 1.807) is 24.1 Å². The molecule has 2 N–H and O–H groups in total. The minimum absolute atomic E-state index is 0.196. The lowest BCUT2D eigenvalue weighted by Gasteiger charge is -2.11. The molecule has 1 heterocycles. The molecule has 0 spiro atoms. The smallest absolute Gasteiger partial charge is 0.253 e. The highest BCUT2D eigenvalue weighted by Crippen LogP contribution is 2.19. The summed E-state index contributed by atoms with van der Waals surface area (Å²) in [6, 6.07) is 4.39. The molecule has 0 unspecified atom stereocenters. The van der Waals surface area contributed by atoms with Crippen molar-refractivity contribution in [3.8, 4) is 0 Å². The van der Waals surface area contributed by atoms with Gasteiger partial charge in [-0.1, -0.05) is 6.07 Å². The number of amides is 1. The number of carbonyl (C=O) groups excluding carboxylic acids is 1. The van der Waals surface area contributed by atoms with Crippen LogP contribution in [0.2, 0.25) is 0 Å². The van der Waals surface area contributed by atoms with E-state index in [4.69, 9.17) is 0 Å². The first-order chi connectivity index (χ1) is 9.61. The SMILES string of the molecule is CCNc1c(F)cccc1C(=O)NCc1ncn(C)n1. The fourth-order valence-corrected chi connectivity index (χ4v) is 1.79. The summed E-state index contributed by atoms with van der Waals surface area (Å²) in [5.41, 5.74) is 0.476. The van der Waals surface area contributed by atoms with Crippen molar-refractivity contribution in [2.24, 2.45) is 7.05 Å². The first-order valence-corrected chi connectivity index (χ1v) is 6.27. The third-order valence-corrected chi connectivity index (χ3v) is 2.67. The molecule has 0 bridgehead atoms. The van der Waals surface area contributed by atoms with E-state index < -0.39 is 5.82 Å². The molecule has 0 fully saturated rings. The Kier molecular flexibility index (Phi) is 4.29. The van der Waals surface area contributed by atoms with Gasteiger partial charge in [0.25, 0.3) is 5.91 Å². The number of aromatic nitrogens is 3. The average Bonchev–Trinajstić information content (AvgIpc) is 2.84. The van der Waals surface area contributed by atoms with Crippen LogP contribution in [0.25, 0.3) is 0 Å². The number of nitrogens with one attached hydrogen (secondary N) is 2. The van der Waals surface area contributed by atoms with Gasteiger partial charge >= 0.3 is 0 Å². The second kappa shape index (κ2) is 6.14. The first-order valence-electron chi connectivity index (χ1n) is 6.27. The summed E-state index contributed by atoms with van der Waals surface area (Å²) in [5, 5.41) is 9.58. The molecule has 0 saturated carbocycles. The topological polar surface area (TPSA) is 71.8 Å². The van der Waals surface area contributed by atoms with Gasteiger partial charge in [-0.05, 0) is 19.1 Å². The molecule has 0 saturated heterocycles. The van der Waals surface area contributed by atoms with Crippen LogP contribution >= 0.6 is 0 Å². The Bertz CT molecular complexity index is 611. The summed E-state index contributed by atoms with van der Waals surface area (Å²) in [4.78, 5) is 16.1. The highest BCUT2D eigenvalue weighted by molar-refractivity contribution is 5.99. The summed E-state index contributed by atoms with van der Waals surface area (Å²) in [5.74, 6) is -0.314. The highest BCUT2D eigenvalue weighted by atomic mass is 19.1. The number of carbonyl (C=O) groups is 1. The molecule has 6 nitrogen and oxygen atoms in total. The molecular formula is C13H16FN5O. The van der Waals surface area contributed by atoms with Crippen LogP contribution < -0.4 is 10.6 Å². The molecule has 106 valence electrons. The Hall–Kier alpha value is -2.44. The van der Waals surface area contributed by atoms with E-state index in [1.807, 2.05) is 6.92 Å². The Morgan fingerprint density at radius 1 is 1.45 bits per heavy atom. The van der Waals surface area contributed by atoms with Crippen molar-refractivity contribution < 1.29 is 9.18 Å². The highest BCUT2D eigenvalue weighted by Gasteiger charge is 2.14. The Labute approximate surface area is 116 Å². The molecule has 7 heteroatoms. The molecule has 2 aromatic rings. The number of hydrogen-bond donors (Lipinski definition) is 2. The second-order valence-electron chi connectivity index (χ2n) is 4.21. The van der Waals surface area contributed by atoms with Crippen molar-refractivity contribution in [2.75, 3.05) is 11.9 Å². The molecule has 1 amide bonds. The number of aryl methyl sites for hydroxylation is 1. The van der Waals surface area contributed by atoms with Crippen LogP contribution in [-0.2, 0) is 13.6 Å². The number of halogens is 1. The minimum atomic E-state index is -0.449. The third kappa shape index (κ3) is 3.11. The van der Waals surface area contributed by atoms with E-state index in [-0.39, 0.29) is 23.7 Å². The number of para-hydroxylation sites is 1. The van der Waals surface area contributed by atoms with E-state index in [2.05, 4.69) is 20.7 Å². The number of hydrogen-bond acceptors (Lipinski definition) is 4. The molecule has 0 aliphatic rings. The molecule has 1 aromatic heterocycles. The van der Waals surface area contributed by atoms with Crippen LogP contribution in [0, 0.1) is 5.82 Å². The summed E-state index contributed by atoms with van der Waals surface area (Å²) >= 11 is 0. The van der Waals surface area contributed by atoms with E-state index in [1.165, 1.54) is 12.1 Å². The van der Waals surface area contributed by atoms with Crippen molar-refractivity contribution in [3.63, 3.8) is 0 Å². The monoisotopic (exact) mass is 277 g/mol. The first kappa shape index (κ1) is 14.0. The standard InChI is InChI=1S/C13H16FN5O/c1-3-15-12-9(5-4-6-10(12)14)13(20)16-7-11-17-8-19(2)18-11/h4-6,8,15H,3,7H2,1-2H3,(H,16,20). The summed E-state index contributed by atoms with van der Waals surface area (Å²) < 4.78 is 15.2. The maximum absolute atomic E-state index is 13.7. The molecule has 0 aliphatic heterocycles. The van der Waals surface area contributed by atoms with Crippen molar-refractivity contribution in [3.05, 3.63) is 41.7 Å². The number of anilines is 1. The third-order valence-electron chi connectivity index (χ3n) is 2.67. The lowest BCUT2D eigenvalue weighted by Crippen LogP contribution is -2.25. The van der Waals surface area contributed by atoms with E-state index >= 15 is 0 Å². The van der Waals surface area contributed by atoms with Crippen molar-refractivity contribution in [2.45, 2.75) is 13.5 Å². The zero-order valence-electron chi connectivity index (χ0n) is 11.4. The number of rotatable bonds is 5. The maximum atomic E-state index is 13.7. The minimum Gasteiger partial charge on any atom is -0.382 e. The normalized spacial score (nSPS) is 10.3. The summed E-state index contributed by atoms with van der Waals surface area (Å²) in [6.45, 7) is 2.57. The number of benzene rings is 1. The molecule has 1 aromatic carbocycles. The second-order valence-corrected chi connectivity index (χ2v) is 4.21. The molecular weight excluding hydrogens is 261 g/mol. The van der Waals surface area contributed by atoms with Gasteiger partial charge in [0.15, 0.2) is 5.82 Å². The molecule has 20 heavy (non-hydrogen) atoms. The Morgan fingerprint density at radius 2 is 2.25 bits per heavy atom. The van der Waals surface area contributed by atoms with Crippen LogP contribution in [0.15, 0.2) is 24.5 Å². The Morgan fingerprint density at radius 3 is 2.90 bits per heavy atom. The van der Waals surface area contributed by atoms with Crippen LogP contribution in [0.5, 0.6) is 0 Å². The van der Waals surface area contributed by atoms with Crippen LogP contribution in [0.3, 0.4) is 0 Å². The molecule has 2 rings (SSSR count). The lowest BCUT2D eigenvalue weighted by molar-refractivity contribution is 0.0950. The van der Waals surface area contributed by atoms with Crippen molar-refractivity contribution in [1.82, 2.24) is 20.1 Å². The summed E-state index contributed by atoms with van der Waals surface area (Å²) in [6.07, 6.45) is 1.55. The van der Waals surface area contributed by atoms with Gasteiger partial charge in [0.1, 0.15) is 12.1 Å². The van der Waals surface area contributed by atoms with Crippen molar-refractivity contribution in [1.29, 1.82) is 0 Å². The van der Waals surface area contributed by atoms with Crippen LogP contribution in [-0.4, -0.2) is 27.2 Å². The van der Waals surface area contributed by atoms with E-state index in [9.17, 15) is 9.18 Å². The largest absolute Gasteiger partial charge is 0.382 e. The fourth-order valence-electron chi connectivity index (χ4n) is 1.79. The molecule has 0 radical (unpaired) electrons. The van der Waals surface area contributed by atoms with E-state index in [0.717, 1.165) is 0 Å². The van der Waals surface area contributed by atoms with Gasteiger partial charge in [-0.3, -0.25) is 9.48 Å². The van der Waals surface area contributed by atoms with Crippen LogP contribution in [0.1, 0.15) is 23.1 Å². The van der Waals surface area contributed by atoms with E-state index in [0.29, 0.717) is 12.4 Å². The van der Waals surface area contributed by atoms with Gasteiger partial charge in [0.2, 0.25) is 0 Å². The quantitative estimate of drug-likeness (QED) is 0.864. The van der Waals surface area contributed by atoms with Gasteiger partial charge in [-0.2, -0.15) is 5.10 Å². The zero-order valence-corrected chi connectivity index (χ0v) is 11.4. The summed E-state index contributed by atoms with van der Waals surface area (Å²) in [7, 11) is 1.74. The van der Waals surface area contributed by atoms with Gasteiger partial charge in [0.05, 0.1) is 17.8 Å². The van der Waals surface area contributed by atoms with Gasteiger partial charge in [-0.15, -0.1) is 0 Å². The molecule has 0 aliphatic carbocycles. The Balaban J connectivity index is 2.10.